The third-order valence-corrected chi connectivity index (χ3v) is 4.12. The average molecular weight is 310 g/mol. The SMILES string of the molecule is C=Nc1cc(O)c(OC)cc1C(=O)N1c2ccccc2C[C@H]1C. The minimum Gasteiger partial charge on any atom is -0.504 e. The summed E-state index contributed by atoms with van der Waals surface area (Å²) in [6.07, 6.45) is 0.813. The molecule has 1 atom stereocenters. The van der Waals surface area contributed by atoms with E-state index in [-0.39, 0.29) is 23.4 Å². The summed E-state index contributed by atoms with van der Waals surface area (Å²) in [5.74, 6) is -0.00893. The third-order valence-electron chi connectivity index (χ3n) is 4.12. The van der Waals surface area contributed by atoms with Gasteiger partial charge in [0.2, 0.25) is 0 Å². The van der Waals surface area contributed by atoms with E-state index in [9.17, 15) is 9.90 Å². The summed E-state index contributed by atoms with van der Waals surface area (Å²) in [7, 11) is 1.44. The molecule has 1 aliphatic heterocycles. The Morgan fingerprint density at radius 2 is 2.13 bits per heavy atom. The fraction of sp³-hybridized carbons (Fsp3) is 0.222. The highest BCUT2D eigenvalue weighted by atomic mass is 16.5. The van der Waals surface area contributed by atoms with Crippen molar-refractivity contribution in [2.24, 2.45) is 4.99 Å². The zero-order chi connectivity index (χ0) is 16.6. The lowest BCUT2D eigenvalue weighted by Gasteiger charge is -2.23. The number of methoxy groups -OCH3 is 1. The monoisotopic (exact) mass is 310 g/mol. The zero-order valence-corrected chi connectivity index (χ0v) is 13.1. The molecule has 2 aromatic carbocycles. The Labute approximate surface area is 134 Å². The predicted molar refractivity (Wildman–Crippen MR) is 90.3 cm³/mol. The van der Waals surface area contributed by atoms with Crippen LogP contribution in [0.25, 0.3) is 0 Å². The molecule has 118 valence electrons. The number of aromatic hydroxyl groups is 1. The van der Waals surface area contributed by atoms with Gasteiger partial charge in [0.15, 0.2) is 11.5 Å². The van der Waals surface area contributed by atoms with Crippen LogP contribution >= 0.6 is 0 Å². The summed E-state index contributed by atoms with van der Waals surface area (Å²) < 4.78 is 5.11. The first kappa shape index (κ1) is 15.1. The second-order valence-electron chi connectivity index (χ2n) is 5.56. The van der Waals surface area contributed by atoms with Crippen LogP contribution in [-0.4, -0.2) is 30.9 Å². The molecule has 1 amide bonds. The van der Waals surface area contributed by atoms with Gasteiger partial charge < -0.3 is 14.7 Å². The highest BCUT2D eigenvalue weighted by molar-refractivity contribution is 6.11. The number of phenolic OH excluding ortho intramolecular Hbond substituents is 1. The van der Waals surface area contributed by atoms with Crippen LogP contribution in [0.5, 0.6) is 11.5 Å². The number of amides is 1. The normalized spacial score (nSPS) is 16.1. The van der Waals surface area contributed by atoms with E-state index in [4.69, 9.17) is 4.74 Å². The first-order chi connectivity index (χ1) is 11.1. The number of fused-ring (bicyclic) bond motifs is 1. The molecule has 0 aromatic heterocycles. The van der Waals surface area contributed by atoms with Crippen LogP contribution in [0.1, 0.15) is 22.8 Å². The minimum atomic E-state index is -0.178. The Bertz CT molecular complexity index is 786. The minimum absolute atomic E-state index is 0.0531. The number of benzene rings is 2. The molecule has 3 rings (SSSR count). The van der Waals surface area contributed by atoms with Crippen molar-refractivity contribution in [1.29, 1.82) is 0 Å². The fourth-order valence-corrected chi connectivity index (χ4v) is 3.03. The smallest absolute Gasteiger partial charge is 0.260 e. The van der Waals surface area contributed by atoms with Crippen LogP contribution < -0.4 is 9.64 Å². The summed E-state index contributed by atoms with van der Waals surface area (Å²) in [5.41, 5.74) is 2.75. The second-order valence-corrected chi connectivity index (χ2v) is 5.56. The number of nitrogens with zero attached hydrogens (tertiary/aromatic N) is 2. The summed E-state index contributed by atoms with van der Waals surface area (Å²) in [6, 6.07) is 10.8. The molecule has 0 saturated carbocycles. The van der Waals surface area contributed by atoms with Gasteiger partial charge in [0.25, 0.3) is 5.91 Å². The van der Waals surface area contributed by atoms with Crippen LogP contribution in [0.4, 0.5) is 11.4 Å². The van der Waals surface area contributed by atoms with Gasteiger partial charge in [-0.05, 0) is 37.8 Å². The number of carbonyl (C=O) groups excluding carboxylic acids is 1. The van der Waals surface area contributed by atoms with Gasteiger partial charge in [-0.15, -0.1) is 0 Å². The fourth-order valence-electron chi connectivity index (χ4n) is 3.03. The van der Waals surface area contributed by atoms with Crippen molar-refractivity contribution in [3.05, 3.63) is 47.5 Å². The van der Waals surface area contributed by atoms with Crippen LogP contribution in [0.3, 0.4) is 0 Å². The van der Waals surface area contributed by atoms with E-state index in [0.29, 0.717) is 11.3 Å². The number of carbonyl (C=O) groups is 1. The number of hydrogen-bond acceptors (Lipinski definition) is 4. The van der Waals surface area contributed by atoms with Crippen molar-refractivity contribution < 1.29 is 14.6 Å². The lowest BCUT2D eigenvalue weighted by molar-refractivity contribution is 0.0982. The number of aliphatic imine (C=N–C) groups is 1. The Morgan fingerprint density at radius 1 is 1.39 bits per heavy atom. The van der Waals surface area contributed by atoms with E-state index < -0.39 is 0 Å². The molecule has 2 aromatic rings. The predicted octanol–water partition coefficient (Wildman–Crippen LogP) is 3.32. The maximum atomic E-state index is 13.1. The quantitative estimate of drug-likeness (QED) is 0.885. The van der Waals surface area contributed by atoms with E-state index in [1.165, 1.54) is 19.2 Å². The molecule has 23 heavy (non-hydrogen) atoms. The summed E-state index contributed by atoms with van der Waals surface area (Å²) >= 11 is 0. The van der Waals surface area contributed by atoms with Gasteiger partial charge in [-0.2, -0.15) is 0 Å². The summed E-state index contributed by atoms with van der Waals surface area (Å²) in [4.78, 5) is 18.7. The highest BCUT2D eigenvalue weighted by Crippen LogP contribution is 2.38. The van der Waals surface area contributed by atoms with Crippen molar-refractivity contribution in [3.8, 4) is 11.5 Å². The molecule has 1 aliphatic rings. The average Bonchev–Trinajstić information content (AvgIpc) is 2.89. The topological polar surface area (TPSA) is 62.1 Å². The molecule has 0 unspecified atom stereocenters. The summed E-state index contributed by atoms with van der Waals surface area (Å²) in [6.45, 7) is 5.50. The Morgan fingerprint density at radius 3 is 2.83 bits per heavy atom. The molecule has 0 radical (unpaired) electrons. The molecule has 1 heterocycles. The largest absolute Gasteiger partial charge is 0.504 e. The number of ether oxygens (including phenoxy) is 1. The molecule has 1 N–H and O–H groups in total. The lowest BCUT2D eigenvalue weighted by Crippen LogP contribution is -2.35. The highest BCUT2D eigenvalue weighted by Gasteiger charge is 2.32. The Hall–Kier alpha value is -2.82. The first-order valence-electron chi connectivity index (χ1n) is 7.36. The van der Waals surface area contributed by atoms with E-state index in [0.717, 1.165) is 17.7 Å². The molecule has 0 fully saturated rings. The third kappa shape index (κ3) is 2.44. The molecule has 5 heteroatoms. The number of hydrogen-bond donors (Lipinski definition) is 1. The molecular formula is C18H18N2O3. The van der Waals surface area contributed by atoms with Crippen LogP contribution in [-0.2, 0) is 6.42 Å². The van der Waals surface area contributed by atoms with Crippen molar-refractivity contribution in [2.75, 3.05) is 12.0 Å². The molecule has 0 bridgehead atoms. The summed E-state index contributed by atoms with van der Waals surface area (Å²) in [5, 5.41) is 9.87. The van der Waals surface area contributed by atoms with Gasteiger partial charge in [0.05, 0.1) is 18.4 Å². The van der Waals surface area contributed by atoms with E-state index in [2.05, 4.69) is 11.7 Å². The standard InChI is InChI=1S/C18H18N2O3/c1-11-8-12-6-4-5-7-15(12)20(11)18(22)13-9-17(23-3)16(21)10-14(13)19-2/h4-7,9-11,21H,2,8H2,1,3H3/t11-/m1/s1. The maximum Gasteiger partial charge on any atom is 0.260 e. The molecule has 0 spiro atoms. The van der Waals surface area contributed by atoms with Crippen molar-refractivity contribution >= 4 is 24.0 Å². The second kappa shape index (κ2) is 5.76. The van der Waals surface area contributed by atoms with Crippen LogP contribution in [0.2, 0.25) is 0 Å². The van der Waals surface area contributed by atoms with Gasteiger partial charge in [-0.25, -0.2) is 0 Å². The maximum absolute atomic E-state index is 13.1. The Balaban J connectivity index is 2.09. The number of para-hydroxylation sites is 1. The molecule has 0 saturated heterocycles. The van der Waals surface area contributed by atoms with Gasteiger partial charge in [0, 0.05) is 17.8 Å². The van der Waals surface area contributed by atoms with E-state index in [1.54, 1.807) is 4.90 Å². The molecule has 0 aliphatic carbocycles. The van der Waals surface area contributed by atoms with Crippen molar-refractivity contribution in [1.82, 2.24) is 0 Å². The van der Waals surface area contributed by atoms with Gasteiger partial charge in [-0.3, -0.25) is 9.79 Å². The first-order valence-corrected chi connectivity index (χ1v) is 7.36. The van der Waals surface area contributed by atoms with Crippen LogP contribution in [0, 0.1) is 0 Å². The Kier molecular flexibility index (Phi) is 3.78. The van der Waals surface area contributed by atoms with Gasteiger partial charge >= 0.3 is 0 Å². The molecule has 5 nitrogen and oxygen atoms in total. The van der Waals surface area contributed by atoms with Gasteiger partial charge in [-0.1, -0.05) is 18.2 Å². The van der Waals surface area contributed by atoms with Crippen LogP contribution in [0.15, 0.2) is 41.4 Å². The van der Waals surface area contributed by atoms with E-state index in [1.807, 2.05) is 31.2 Å². The van der Waals surface area contributed by atoms with E-state index >= 15 is 0 Å². The lowest BCUT2D eigenvalue weighted by atomic mass is 10.1. The van der Waals surface area contributed by atoms with Crippen molar-refractivity contribution in [2.45, 2.75) is 19.4 Å². The number of rotatable bonds is 3. The van der Waals surface area contributed by atoms with Gasteiger partial charge in [0.1, 0.15) is 0 Å². The van der Waals surface area contributed by atoms with Crippen molar-refractivity contribution in [3.63, 3.8) is 0 Å². The molecular weight excluding hydrogens is 292 g/mol. The number of anilines is 1. The number of phenols is 1. The zero-order valence-electron chi connectivity index (χ0n) is 13.1.